The fraction of sp³-hybridized carbons (Fsp3) is 0.857. The van der Waals surface area contributed by atoms with Crippen LogP contribution in [0.25, 0.3) is 0 Å². The molecule has 1 saturated carbocycles. The maximum Gasteiger partial charge on any atom is 0.0163 e. The molecular formula is C14H26N2. The molecule has 0 aromatic carbocycles. The van der Waals surface area contributed by atoms with E-state index in [1.54, 1.807) is 0 Å². The second-order valence-electron chi connectivity index (χ2n) is 5.58. The van der Waals surface area contributed by atoms with Crippen molar-refractivity contribution < 1.29 is 0 Å². The van der Waals surface area contributed by atoms with Crippen molar-refractivity contribution in [3.63, 3.8) is 0 Å². The molecule has 1 aliphatic carbocycles. The topological polar surface area (TPSA) is 15.3 Å². The van der Waals surface area contributed by atoms with Crippen molar-refractivity contribution in [1.29, 1.82) is 0 Å². The molecule has 1 aliphatic heterocycles. The van der Waals surface area contributed by atoms with Gasteiger partial charge in [-0.25, -0.2) is 0 Å². The molecule has 16 heavy (non-hydrogen) atoms. The van der Waals surface area contributed by atoms with E-state index in [0.717, 1.165) is 12.6 Å². The van der Waals surface area contributed by atoms with Crippen LogP contribution in [-0.4, -0.2) is 37.1 Å². The van der Waals surface area contributed by atoms with Gasteiger partial charge in [-0.2, -0.15) is 0 Å². The van der Waals surface area contributed by atoms with Crippen molar-refractivity contribution in [1.82, 2.24) is 10.2 Å². The third kappa shape index (κ3) is 2.86. The minimum atomic E-state index is 0.532. The molecule has 2 fully saturated rings. The molecule has 1 N–H and O–H groups in total. The van der Waals surface area contributed by atoms with Gasteiger partial charge in [-0.05, 0) is 44.1 Å². The molecule has 2 heteroatoms. The first kappa shape index (κ1) is 12.1. The van der Waals surface area contributed by atoms with E-state index in [2.05, 4.69) is 29.8 Å². The summed E-state index contributed by atoms with van der Waals surface area (Å²) >= 11 is 0. The Bertz CT molecular complexity index is 227. The Morgan fingerprint density at radius 2 is 2.31 bits per heavy atom. The average Bonchev–Trinajstić information content (AvgIpc) is 3.14. The van der Waals surface area contributed by atoms with Crippen molar-refractivity contribution in [3.05, 3.63) is 12.7 Å². The normalized spacial score (nSPS) is 30.6. The van der Waals surface area contributed by atoms with E-state index in [-0.39, 0.29) is 0 Å². The van der Waals surface area contributed by atoms with Crippen LogP contribution in [0.2, 0.25) is 0 Å². The van der Waals surface area contributed by atoms with Crippen LogP contribution in [0.15, 0.2) is 12.7 Å². The molecule has 0 amide bonds. The molecule has 1 heterocycles. The van der Waals surface area contributed by atoms with Crippen LogP contribution in [0.1, 0.15) is 39.0 Å². The Morgan fingerprint density at radius 3 is 2.81 bits per heavy atom. The van der Waals surface area contributed by atoms with Crippen LogP contribution in [0.3, 0.4) is 0 Å². The van der Waals surface area contributed by atoms with E-state index >= 15 is 0 Å². The second-order valence-corrected chi connectivity index (χ2v) is 5.58. The highest BCUT2D eigenvalue weighted by Crippen LogP contribution is 2.35. The molecule has 0 radical (unpaired) electrons. The largest absolute Gasteiger partial charge is 0.316 e. The predicted octanol–water partition coefficient (Wildman–Crippen LogP) is 2.42. The molecule has 0 bridgehead atoms. The van der Waals surface area contributed by atoms with E-state index in [9.17, 15) is 0 Å². The predicted molar refractivity (Wildman–Crippen MR) is 69.6 cm³/mol. The highest BCUT2D eigenvalue weighted by atomic mass is 15.2. The Kier molecular flexibility index (Phi) is 4.04. The quantitative estimate of drug-likeness (QED) is 0.694. The van der Waals surface area contributed by atoms with Gasteiger partial charge in [0, 0.05) is 25.7 Å². The zero-order valence-electron chi connectivity index (χ0n) is 10.7. The summed E-state index contributed by atoms with van der Waals surface area (Å²) in [5.74, 6) is 0. The van der Waals surface area contributed by atoms with Gasteiger partial charge in [0.1, 0.15) is 0 Å². The molecule has 1 saturated heterocycles. The van der Waals surface area contributed by atoms with Crippen LogP contribution in [-0.2, 0) is 0 Å². The van der Waals surface area contributed by atoms with E-state index in [1.807, 2.05) is 0 Å². The lowest BCUT2D eigenvalue weighted by Gasteiger charge is -2.41. The minimum absolute atomic E-state index is 0.532. The number of nitrogens with one attached hydrogen (secondary N) is 1. The van der Waals surface area contributed by atoms with Crippen LogP contribution in [0.4, 0.5) is 0 Å². The van der Waals surface area contributed by atoms with E-state index in [0.29, 0.717) is 5.41 Å². The molecular weight excluding hydrogens is 196 g/mol. The van der Waals surface area contributed by atoms with Gasteiger partial charge >= 0.3 is 0 Å². The molecule has 2 nitrogen and oxygen atoms in total. The third-order valence-corrected chi connectivity index (χ3v) is 4.28. The number of hydrogen-bond acceptors (Lipinski definition) is 2. The van der Waals surface area contributed by atoms with Gasteiger partial charge in [0.05, 0.1) is 0 Å². The minimum Gasteiger partial charge on any atom is -0.316 e. The van der Waals surface area contributed by atoms with Crippen LogP contribution >= 0.6 is 0 Å². The fourth-order valence-corrected chi connectivity index (χ4v) is 2.96. The SMILES string of the molecule is C=CCN(CC1(CC)CCCNC1)C1CC1. The van der Waals surface area contributed by atoms with Gasteiger partial charge in [-0.1, -0.05) is 13.0 Å². The molecule has 1 unspecified atom stereocenters. The van der Waals surface area contributed by atoms with Gasteiger partial charge in [0.25, 0.3) is 0 Å². The Morgan fingerprint density at radius 1 is 1.50 bits per heavy atom. The fourth-order valence-electron chi connectivity index (χ4n) is 2.96. The first-order valence-electron chi connectivity index (χ1n) is 6.85. The summed E-state index contributed by atoms with van der Waals surface area (Å²) in [4.78, 5) is 2.66. The van der Waals surface area contributed by atoms with E-state index in [1.165, 1.54) is 51.7 Å². The Balaban J connectivity index is 1.94. The van der Waals surface area contributed by atoms with Crippen molar-refractivity contribution in [3.8, 4) is 0 Å². The molecule has 2 rings (SSSR count). The molecule has 2 aliphatic rings. The molecule has 0 spiro atoms. The maximum atomic E-state index is 3.90. The Labute approximate surface area is 100 Å². The number of piperidine rings is 1. The summed E-state index contributed by atoms with van der Waals surface area (Å²) in [5, 5.41) is 3.58. The summed E-state index contributed by atoms with van der Waals surface area (Å²) in [6, 6.07) is 0.864. The maximum absolute atomic E-state index is 3.90. The number of hydrogen-bond donors (Lipinski definition) is 1. The third-order valence-electron chi connectivity index (χ3n) is 4.28. The number of rotatable bonds is 6. The summed E-state index contributed by atoms with van der Waals surface area (Å²) in [6.07, 6.45) is 8.93. The van der Waals surface area contributed by atoms with E-state index in [4.69, 9.17) is 0 Å². The Hall–Kier alpha value is -0.340. The molecule has 92 valence electrons. The molecule has 0 aromatic heterocycles. The van der Waals surface area contributed by atoms with Gasteiger partial charge in [0.15, 0.2) is 0 Å². The van der Waals surface area contributed by atoms with E-state index < -0.39 is 0 Å². The zero-order valence-corrected chi connectivity index (χ0v) is 10.7. The highest BCUT2D eigenvalue weighted by molar-refractivity contribution is 4.94. The van der Waals surface area contributed by atoms with Gasteiger partial charge < -0.3 is 5.32 Å². The molecule has 0 aromatic rings. The summed E-state index contributed by atoms with van der Waals surface area (Å²) in [5.41, 5.74) is 0.532. The van der Waals surface area contributed by atoms with Gasteiger partial charge in [-0.15, -0.1) is 6.58 Å². The average molecular weight is 222 g/mol. The van der Waals surface area contributed by atoms with Crippen LogP contribution < -0.4 is 5.32 Å². The summed E-state index contributed by atoms with van der Waals surface area (Å²) < 4.78 is 0. The first-order valence-corrected chi connectivity index (χ1v) is 6.85. The standard InChI is InChI=1S/C14H26N2/c1-3-10-16(13-6-7-13)12-14(4-2)8-5-9-15-11-14/h3,13,15H,1,4-12H2,2H3. The van der Waals surface area contributed by atoms with Crippen molar-refractivity contribution in [2.45, 2.75) is 45.1 Å². The van der Waals surface area contributed by atoms with Gasteiger partial charge in [0.2, 0.25) is 0 Å². The molecule has 1 atom stereocenters. The zero-order chi connectivity index (χ0) is 11.4. The lowest BCUT2D eigenvalue weighted by molar-refractivity contribution is 0.115. The smallest absolute Gasteiger partial charge is 0.0163 e. The lowest BCUT2D eigenvalue weighted by Crippen LogP contribution is -2.48. The van der Waals surface area contributed by atoms with Crippen molar-refractivity contribution in [2.24, 2.45) is 5.41 Å². The second kappa shape index (κ2) is 5.33. The van der Waals surface area contributed by atoms with Crippen LogP contribution in [0, 0.1) is 5.41 Å². The van der Waals surface area contributed by atoms with Crippen LogP contribution in [0.5, 0.6) is 0 Å². The highest BCUT2D eigenvalue weighted by Gasteiger charge is 2.36. The summed E-state index contributed by atoms with van der Waals surface area (Å²) in [6.45, 7) is 11.0. The summed E-state index contributed by atoms with van der Waals surface area (Å²) in [7, 11) is 0. The van der Waals surface area contributed by atoms with Crippen molar-refractivity contribution in [2.75, 3.05) is 26.2 Å². The lowest BCUT2D eigenvalue weighted by atomic mass is 9.78. The number of nitrogens with zero attached hydrogens (tertiary/aromatic N) is 1. The first-order chi connectivity index (χ1) is 7.79. The monoisotopic (exact) mass is 222 g/mol. The van der Waals surface area contributed by atoms with Gasteiger partial charge in [-0.3, -0.25) is 4.90 Å². The van der Waals surface area contributed by atoms with Crippen molar-refractivity contribution >= 4 is 0 Å².